The number of hydrogen-bond donors (Lipinski definition) is 0. The molecule has 0 aliphatic carbocycles. The standard InChI is InChI=1S/C26H28Cl2N4O5/c1-34-25(33)32-12-10-31(11-13-32)20-3-5-21(6-4-20)35-15-22-16-36-26(37-22,17-30-9-8-29-18-30)23-7-2-19(27)14-24(23)28/h2-9,14,18,22H,10-13,15-17H2,1H3/t22-,26?/m0/s1. The Labute approximate surface area is 225 Å². The topological polar surface area (TPSA) is 78.3 Å². The Morgan fingerprint density at radius 2 is 1.92 bits per heavy atom. The summed E-state index contributed by atoms with van der Waals surface area (Å²) in [6.45, 7) is 3.78. The van der Waals surface area contributed by atoms with E-state index in [4.69, 9.17) is 42.1 Å². The molecule has 0 N–H and O–H groups in total. The third-order valence-electron chi connectivity index (χ3n) is 6.50. The Morgan fingerprint density at radius 1 is 1.14 bits per heavy atom. The van der Waals surface area contributed by atoms with E-state index < -0.39 is 5.79 Å². The van der Waals surface area contributed by atoms with Crippen molar-refractivity contribution in [1.29, 1.82) is 0 Å². The number of benzene rings is 2. The molecule has 1 aromatic heterocycles. The van der Waals surface area contributed by atoms with E-state index in [9.17, 15) is 4.79 Å². The fraction of sp³-hybridized carbons (Fsp3) is 0.385. The smallest absolute Gasteiger partial charge is 0.409 e. The number of amides is 1. The number of halogens is 2. The van der Waals surface area contributed by atoms with Crippen molar-refractivity contribution in [3.63, 3.8) is 0 Å². The first-order valence-electron chi connectivity index (χ1n) is 12.0. The summed E-state index contributed by atoms with van der Waals surface area (Å²) in [6, 6.07) is 13.2. The third kappa shape index (κ3) is 5.80. The van der Waals surface area contributed by atoms with Crippen LogP contribution in [0, 0.1) is 0 Å². The molecule has 2 saturated heterocycles. The Kier molecular flexibility index (Phi) is 7.76. The monoisotopic (exact) mass is 546 g/mol. The molecule has 2 aliphatic heterocycles. The summed E-state index contributed by atoms with van der Waals surface area (Å²) >= 11 is 12.7. The minimum Gasteiger partial charge on any atom is -0.491 e. The molecule has 3 aromatic rings. The van der Waals surface area contributed by atoms with Crippen LogP contribution in [-0.4, -0.2) is 73.2 Å². The van der Waals surface area contributed by atoms with Crippen LogP contribution >= 0.6 is 23.2 Å². The van der Waals surface area contributed by atoms with Crippen molar-refractivity contribution in [2.75, 3.05) is 51.4 Å². The zero-order chi connectivity index (χ0) is 25.8. The molecule has 0 radical (unpaired) electrons. The number of anilines is 1. The Hall–Kier alpha value is -2.98. The highest BCUT2D eigenvalue weighted by atomic mass is 35.5. The second kappa shape index (κ2) is 11.2. The molecule has 11 heteroatoms. The molecule has 196 valence electrons. The zero-order valence-corrected chi connectivity index (χ0v) is 21.9. The Balaban J connectivity index is 1.20. The minimum absolute atomic E-state index is 0.283. The van der Waals surface area contributed by atoms with E-state index in [0.29, 0.717) is 48.5 Å². The average molecular weight is 547 g/mol. The van der Waals surface area contributed by atoms with E-state index in [-0.39, 0.29) is 12.2 Å². The van der Waals surface area contributed by atoms with Gasteiger partial charge >= 0.3 is 6.09 Å². The average Bonchev–Trinajstić information content (AvgIpc) is 3.58. The lowest BCUT2D eigenvalue weighted by atomic mass is 10.1. The maximum atomic E-state index is 11.7. The number of methoxy groups -OCH3 is 1. The molecule has 1 unspecified atom stereocenters. The summed E-state index contributed by atoms with van der Waals surface area (Å²) in [5, 5.41) is 1.01. The number of rotatable bonds is 7. The fourth-order valence-corrected chi connectivity index (χ4v) is 5.15. The number of carbonyl (C=O) groups excluding carboxylic acids is 1. The number of nitrogens with zero attached hydrogens (tertiary/aromatic N) is 4. The highest BCUT2D eigenvalue weighted by Gasteiger charge is 2.45. The lowest BCUT2D eigenvalue weighted by molar-refractivity contribution is -0.189. The molecule has 9 nitrogen and oxygen atoms in total. The summed E-state index contributed by atoms with van der Waals surface area (Å²) in [4.78, 5) is 19.8. The molecule has 2 aromatic carbocycles. The SMILES string of the molecule is COC(=O)N1CCN(c2ccc(OC[C@H]3COC(Cn4ccnc4)(c4ccc(Cl)cc4Cl)O3)cc2)CC1. The molecular formula is C26H28Cl2N4O5. The van der Waals surface area contributed by atoms with Gasteiger partial charge in [-0.3, -0.25) is 0 Å². The molecule has 3 heterocycles. The largest absolute Gasteiger partial charge is 0.491 e. The van der Waals surface area contributed by atoms with Gasteiger partial charge in [-0.25, -0.2) is 9.78 Å². The molecule has 37 heavy (non-hydrogen) atoms. The van der Waals surface area contributed by atoms with Crippen LogP contribution in [0.3, 0.4) is 0 Å². The summed E-state index contributed by atoms with van der Waals surface area (Å²) in [5.74, 6) is -0.357. The third-order valence-corrected chi connectivity index (χ3v) is 7.05. The highest BCUT2D eigenvalue weighted by molar-refractivity contribution is 6.35. The van der Waals surface area contributed by atoms with Crippen LogP contribution in [0.1, 0.15) is 5.56 Å². The predicted molar refractivity (Wildman–Crippen MR) is 139 cm³/mol. The van der Waals surface area contributed by atoms with Gasteiger partial charge in [0.25, 0.3) is 0 Å². The molecule has 2 atom stereocenters. The van der Waals surface area contributed by atoms with Crippen molar-refractivity contribution in [3.8, 4) is 5.75 Å². The fourth-order valence-electron chi connectivity index (χ4n) is 4.59. The minimum atomic E-state index is -1.09. The molecule has 2 aliphatic rings. The summed E-state index contributed by atoms with van der Waals surface area (Å²) in [5.41, 5.74) is 1.78. The van der Waals surface area contributed by atoms with E-state index in [1.165, 1.54) is 7.11 Å². The molecule has 5 rings (SSSR count). The second-order valence-electron chi connectivity index (χ2n) is 8.91. The van der Waals surface area contributed by atoms with Crippen LogP contribution < -0.4 is 9.64 Å². The van der Waals surface area contributed by atoms with Gasteiger partial charge in [0.15, 0.2) is 0 Å². The quantitative estimate of drug-likeness (QED) is 0.433. The van der Waals surface area contributed by atoms with Crippen LogP contribution in [0.2, 0.25) is 10.0 Å². The van der Waals surface area contributed by atoms with Gasteiger partial charge in [-0.2, -0.15) is 0 Å². The van der Waals surface area contributed by atoms with E-state index in [0.717, 1.165) is 24.5 Å². The number of carbonyl (C=O) groups is 1. The lowest BCUT2D eigenvalue weighted by Crippen LogP contribution is -2.48. The zero-order valence-electron chi connectivity index (χ0n) is 20.4. The number of aromatic nitrogens is 2. The first kappa shape index (κ1) is 25.7. The van der Waals surface area contributed by atoms with Crippen LogP contribution in [0.15, 0.2) is 61.2 Å². The maximum absolute atomic E-state index is 11.7. The summed E-state index contributed by atoms with van der Waals surface area (Å²) in [6.07, 6.45) is 4.67. The first-order chi connectivity index (χ1) is 18.0. The van der Waals surface area contributed by atoms with Crippen molar-refractivity contribution in [2.45, 2.75) is 18.4 Å². The van der Waals surface area contributed by atoms with E-state index in [1.807, 2.05) is 41.1 Å². The van der Waals surface area contributed by atoms with Crippen molar-refractivity contribution in [3.05, 3.63) is 76.8 Å². The van der Waals surface area contributed by atoms with E-state index in [1.54, 1.807) is 29.6 Å². The molecule has 0 spiro atoms. The summed E-state index contributed by atoms with van der Waals surface area (Å²) < 4.78 is 25.4. The lowest BCUT2D eigenvalue weighted by Gasteiger charge is -2.35. The summed E-state index contributed by atoms with van der Waals surface area (Å²) in [7, 11) is 1.41. The number of ether oxygens (including phenoxy) is 4. The van der Waals surface area contributed by atoms with Crippen molar-refractivity contribution >= 4 is 35.0 Å². The highest BCUT2D eigenvalue weighted by Crippen LogP contribution is 2.40. The molecule has 2 fully saturated rings. The van der Waals surface area contributed by atoms with Crippen LogP contribution in [0.5, 0.6) is 5.75 Å². The number of piperazine rings is 1. The molecular weight excluding hydrogens is 519 g/mol. The molecule has 1 amide bonds. The van der Waals surface area contributed by atoms with Crippen LogP contribution in [-0.2, 0) is 26.5 Å². The van der Waals surface area contributed by atoms with Crippen LogP contribution in [0.25, 0.3) is 0 Å². The predicted octanol–water partition coefficient (Wildman–Crippen LogP) is 4.43. The van der Waals surface area contributed by atoms with Gasteiger partial charge < -0.3 is 33.3 Å². The first-order valence-corrected chi connectivity index (χ1v) is 12.7. The maximum Gasteiger partial charge on any atom is 0.409 e. The molecule has 0 saturated carbocycles. The number of imidazole rings is 1. The van der Waals surface area contributed by atoms with Gasteiger partial charge in [-0.15, -0.1) is 0 Å². The number of hydrogen-bond acceptors (Lipinski definition) is 7. The van der Waals surface area contributed by atoms with Crippen molar-refractivity contribution < 1.29 is 23.7 Å². The van der Waals surface area contributed by atoms with E-state index in [2.05, 4.69) is 9.88 Å². The van der Waals surface area contributed by atoms with Crippen molar-refractivity contribution in [1.82, 2.24) is 14.5 Å². The van der Waals surface area contributed by atoms with Gasteiger partial charge in [-0.1, -0.05) is 29.3 Å². The van der Waals surface area contributed by atoms with Gasteiger partial charge in [0.05, 0.1) is 31.6 Å². The molecule has 0 bridgehead atoms. The second-order valence-corrected chi connectivity index (χ2v) is 9.76. The van der Waals surface area contributed by atoms with Crippen LogP contribution in [0.4, 0.5) is 10.5 Å². The van der Waals surface area contributed by atoms with Gasteiger partial charge in [-0.05, 0) is 36.4 Å². The van der Waals surface area contributed by atoms with E-state index >= 15 is 0 Å². The Morgan fingerprint density at radius 3 is 2.59 bits per heavy atom. The Bertz CT molecular complexity index is 1200. The van der Waals surface area contributed by atoms with Gasteiger partial charge in [0.2, 0.25) is 5.79 Å². The van der Waals surface area contributed by atoms with Crippen molar-refractivity contribution in [2.24, 2.45) is 0 Å². The normalized spacial score (nSPS) is 21.8. The van der Waals surface area contributed by atoms with Gasteiger partial charge in [0, 0.05) is 54.8 Å². The van der Waals surface area contributed by atoms with Gasteiger partial charge in [0.1, 0.15) is 18.5 Å².